The van der Waals surface area contributed by atoms with Crippen molar-refractivity contribution in [2.24, 2.45) is 0 Å². The number of aryl methyl sites for hydroxylation is 1. The number of carbonyl (C=O) groups is 1. The maximum Gasteiger partial charge on any atom is 0.242 e. The average Bonchev–Trinajstić information content (AvgIpc) is 2.90. The molecule has 7 heteroatoms. The lowest BCUT2D eigenvalue weighted by atomic mass is 10.1. The van der Waals surface area contributed by atoms with E-state index in [9.17, 15) is 4.79 Å². The molecule has 116 valence electrons. The molecule has 0 radical (unpaired) electrons. The quantitative estimate of drug-likeness (QED) is 0.876. The second kappa shape index (κ2) is 6.41. The zero-order valence-corrected chi connectivity index (χ0v) is 13.2. The highest BCUT2D eigenvalue weighted by Crippen LogP contribution is 2.18. The lowest BCUT2D eigenvalue weighted by Crippen LogP contribution is -2.42. The Bertz CT molecular complexity index is 714. The molecule has 1 aromatic heterocycles. The SMILES string of the molecule is Cc1ccc(-c2n[nH]c(=S)n2CC(=O)N2CCOCC2)cc1. The summed E-state index contributed by atoms with van der Waals surface area (Å²) in [5, 5.41) is 7.04. The first-order valence-electron chi connectivity index (χ1n) is 7.23. The lowest BCUT2D eigenvalue weighted by Gasteiger charge is -2.27. The van der Waals surface area contributed by atoms with Crippen molar-refractivity contribution in [3.8, 4) is 11.4 Å². The molecule has 22 heavy (non-hydrogen) atoms. The van der Waals surface area contributed by atoms with Gasteiger partial charge in [-0.3, -0.25) is 14.5 Å². The van der Waals surface area contributed by atoms with Crippen LogP contribution in [0.25, 0.3) is 11.4 Å². The summed E-state index contributed by atoms with van der Waals surface area (Å²) < 4.78 is 7.48. The zero-order valence-electron chi connectivity index (χ0n) is 12.4. The number of aromatic nitrogens is 3. The Balaban J connectivity index is 1.84. The Hall–Kier alpha value is -1.99. The summed E-state index contributed by atoms with van der Waals surface area (Å²) in [6.45, 7) is 4.66. The molecule has 0 atom stereocenters. The fourth-order valence-electron chi connectivity index (χ4n) is 2.44. The number of ether oxygens (including phenoxy) is 1. The van der Waals surface area contributed by atoms with E-state index in [-0.39, 0.29) is 12.5 Å². The number of morpholine rings is 1. The number of rotatable bonds is 3. The summed E-state index contributed by atoms with van der Waals surface area (Å²) in [6.07, 6.45) is 0. The highest BCUT2D eigenvalue weighted by atomic mass is 32.1. The molecule has 1 amide bonds. The maximum absolute atomic E-state index is 12.4. The number of hydrogen-bond acceptors (Lipinski definition) is 4. The van der Waals surface area contributed by atoms with Crippen molar-refractivity contribution in [3.05, 3.63) is 34.6 Å². The van der Waals surface area contributed by atoms with E-state index >= 15 is 0 Å². The van der Waals surface area contributed by atoms with Gasteiger partial charge in [-0.25, -0.2) is 0 Å². The van der Waals surface area contributed by atoms with Crippen LogP contribution >= 0.6 is 12.2 Å². The zero-order chi connectivity index (χ0) is 15.5. The molecule has 0 unspecified atom stereocenters. The normalized spacial score (nSPS) is 15.0. The lowest BCUT2D eigenvalue weighted by molar-refractivity contribution is -0.135. The molecule has 1 aliphatic heterocycles. The average molecular weight is 318 g/mol. The Labute approximate surface area is 133 Å². The number of benzene rings is 1. The number of nitrogens with one attached hydrogen (secondary N) is 1. The Morgan fingerprint density at radius 2 is 2.00 bits per heavy atom. The van der Waals surface area contributed by atoms with Crippen LogP contribution in [0.1, 0.15) is 5.56 Å². The topological polar surface area (TPSA) is 63.2 Å². The van der Waals surface area contributed by atoms with E-state index in [1.807, 2.05) is 31.2 Å². The van der Waals surface area contributed by atoms with Crippen LogP contribution in [-0.4, -0.2) is 51.9 Å². The molecule has 0 bridgehead atoms. The molecule has 1 saturated heterocycles. The number of amides is 1. The minimum atomic E-state index is 0.0363. The van der Waals surface area contributed by atoms with Gasteiger partial charge in [-0.05, 0) is 19.1 Å². The summed E-state index contributed by atoms with van der Waals surface area (Å²) in [4.78, 5) is 14.2. The van der Waals surface area contributed by atoms with Gasteiger partial charge in [-0.15, -0.1) is 0 Å². The summed E-state index contributed by atoms with van der Waals surface area (Å²) in [5.74, 6) is 0.723. The first-order chi connectivity index (χ1) is 10.6. The van der Waals surface area contributed by atoms with Crippen molar-refractivity contribution < 1.29 is 9.53 Å². The molecule has 6 nitrogen and oxygen atoms in total. The van der Waals surface area contributed by atoms with Crippen LogP contribution in [0.4, 0.5) is 0 Å². The Morgan fingerprint density at radius 3 is 2.68 bits per heavy atom. The molecule has 1 aliphatic rings. The van der Waals surface area contributed by atoms with Crippen molar-refractivity contribution in [1.82, 2.24) is 19.7 Å². The van der Waals surface area contributed by atoms with E-state index in [1.165, 1.54) is 5.56 Å². The molecule has 2 heterocycles. The molecule has 1 fully saturated rings. The second-order valence-corrected chi connectivity index (χ2v) is 5.68. The summed E-state index contributed by atoms with van der Waals surface area (Å²) in [6, 6.07) is 7.99. The molecule has 0 saturated carbocycles. The molecule has 1 N–H and O–H groups in total. The fraction of sp³-hybridized carbons (Fsp3) is 0.400. The van der Waals surface area contributed by atoms with Crippen LogP contribution in [0.5, 0.6) is 0 Å². The number of aromatic amines is 1. The first-order valence-corrected chi connectivity index (χ1v) is 7.64. The largest absolute Gasteiger partial charge is 0.378 e. The van der Waals surface area contributed by atoms with Crippen LogP contribution < -0.4 is 0 Å². The Kier molecular flexibility index (Phi) is 4.35. The minimum absolute atomic E-state index is 0.0363. The smallest absolute Gasteiger partial charge is 0.242 e. The number of carbonyl (C=O) groups excluding carboxylic acids is 1. The fourth-order valence-corrected chi connectivity index (χ4v) is 2.63. The van der Waals surface area contributed by atoms with Crippen molar-refractivity contribution in [2.75, 3.05) is 26.3 Å². The third kappa shape index (κ3) is 3.10. The van der Waals surface area contributed by atoms with Gasteiger partial charge in [0, 0.05) is 18.7 Å². The van der Waals surface area contributed by atoms with Gasteiger partial charge < -0.3 is 9.64 Å². The van der Waals surface area contributed by atoms with Gasteiger partial charge in [-0.1, -0.05) is 29.8 Å². The third-order valence-corrected chi connectivity index (χ3v) is 4.04. The molecular weight excluding hydrogens is 300 g/mol. The predicted octanol–water partition coefficient (Wildman–Crippen LogP) is 1.77. The van der Waals surface area contributed by atoms with E-state index in [4.69, 9.17) is 17.0 Å². The molecule has 0 aliphatic carbocycles. The molecular formula is C15H18N4O2S. The highest BCUT2D eigenvalue weighted by Gasteiger charge is 2.19. The molecule has 2 aromatic rings. The van der Waals surface area contributed by atoms with Gasteiger partial charge in [-0.2, -0.15) is 5.10 Å². The van der Waals surface area contributed by atoms with E-state index in [1.54, 1.807) is 9.47 Å². The van der Waals surface area contributed by atoms with Crippen LogP contribution in [0.15, 0.2) is 24.3 Å². The molecule has 1 aromatic carbocycles. The van der Waals surface area contributed by atoms with Crippen molar-refractivity contribution in [3.63, 3.8) is 0 Å². The summed E-state index contributed by atoms with van der Waals surface area (Å²) in [5.41, 5.74) is 2.11. The van der Waals surface area contributed by atoms with Gasteiger partial charge in [0.15, 0.2) is 10.6 Å². The Morgan fingerprint density at radius 1 is 1.32 bits per heavy atom. The molecule has 0 spiro atoms. The first kappa shape index (κ1) is 14.9. The van der Waals surface area contributed by atoms with Gasteiger partial charge in [0.25, 0.3) is 0 Å². The van der Waals surface area contributed by atoms with Crippen LogP contribution in [0.3, 0.4) is 0 Å². The monoisotopic (exact) mass is 318 g/mol. The highest BCUT2D eigenvalue weighted by molar-refractivity contribution is 7.71. The molecule has 3 rings (SSSR count). The van der Waals surface area contributed by atoms with E-state index in [0.29, 0.717) is 36.9 Å². The summed E-state index contributed by atoms with van der Waals surface area (Å²) in [7, 11) is 0. The van der Waals surface area contributed by atoms with Crippen LogP contribution in [0.2, 0.25) is 0 Å². The maximum atomic E-state index is 12.4. The van der Waals surface area contributed by atoms with Gasteiger partial charge >= 0.3 is 0 Å². The van der Waals surface area contributed by atoms with E-state index in [2.05, 4.69) is 10.2 Å². The van der Waals surface area contributed by atoms with Gasteiger partial charge in [0.05, 0.1) is 13.2 Å². The second-order valence-electron chi connectivity index (χ2n) is 5.30. The van der Waals surface area contributed by atoms with E-state index < -0.39 is 0 Å². The third-order valence-electron chi connectivity index (χ3n) is 3.73. The standard InChI is InChI=1S/C15H18N4O2S/c1-11-2-4-12(5-3-11)14-16-17-15(22)19(14)10-13(20)18-6-8-21-9-7-18/h2-5H,6-10H2,1H3,(H,17,22). The van der Waals surface area contributed by atoms with Crippen molar-refractivity contribution in [2.45, 2.75) is 13.5 Å². The number of hydrogen-bond donors (Lipinski definition) is 1. The number of nitrogens with zero attached hydrogens (tertiary/aromatic N) is 3. The van der Waals surface area contributed by atoms with Gasteiger partial charge in [0.1, 0.15) is 6.54 Å². The van der Waals surface area contributed by atoms with Crippen molar-refractivity contribution >= 4 is 18.1 Å². The van der Waals surface area contributed by atoms with Gasteiger partial charge in [0.2, 0.25) is 5.91 Å². The van der Waals surface area contributed by atoms with Crippen LogP contribution in [-0.2, 0) is 16.1 Å². The van der Waals surface area contributed by atoms with Crippen LogP contribution in [0, 0.1) is 11.7 Å². The van der Waals surface area contributed by atoms with Crippen molar-refractivity contribution in [1.29, 1.82) is 0 Å². The summed E-state index contributed by atoms with van der Waals surface area (Å²) >= 11 is 5.27. The predicted molar refractivity (Wildman–Crippen MR) is 85.0 cm³/mol. The minimum Gasteiger partial charge on any atom is -0.378 e. The number of H-pyrrole nitrogens is 1. The van der Waals surface area contributed by atoms with E-state index in [0.717, 1.165) is 5.56 Å².